The van der Waals surface area contributed by atoms with Crippen molar-refractivity contribution in [2.45, 2.75) is 45.7 Å². The Morgan fingerprint density at radius 1 is 1.13 bits per heavy atom. The van der Waals surface area contributed by atoms with E-state index in [2.05, 4.69) is 0 Å². The van der Waals surface area contributed by atoms with Crippen LogP contribution in [0.2, 0.25) is 0 Å². The van der Waals surface area contributed by atoms with E-state index in [0.717, 1.165) is 35.3 Å². The second-order valence-electron chi connectivity index (χ2n) is 8.14. The number of thiophene rings is 1. The Balaban J connectivity index is 1.74. The summed E-state index contributed by atoms with van der Waals surface area (Å²) >= 11 is 1.62. The first-order valence-electron chi connectivity index (χ1n) is 10.8. The fourth-order valence-corrected chi connectivity index (χ4v) is 4.55. The molecule has 1 heterocycles. The van der Waals surface area contributed by atoms with E-state index in [9.17, 15) is 14.0 Å². The van der Waals surface area contributed by atoms with E-state index in [4.69, 9.17) is 4.74 Å². The summed E-state index contributed by atoms with van der Waals surface area (Å²) in [5.41, 5.74) is 2.00. The van der Waals surface area contributed by atoms with Gasteiger partial charge >= 0.3 is 0 Å². The zero-order valence-electron chi connectivity index (χ0n) is 18.3. The van der Waals surface area contributed by atoms with Crippen molar-refractivity contribution in [2.24, 2.45) is 5.92 Å². The van der Waals surface area contributed by atoms with Crippen LogP contribution in [0.4, 0.5) is 4.39 Å². The number of carbonyl (C=O) groups is 2. The second-order valence-corrected chi connectivity index (χ2v) is 9.14. The summed E-state index contributed by atoms with van der Waals surface area (Å²) in [7, 11) is 1.64. The summed E-state index contributed by atoms with van der Waals surface area (Å²) in [6.45, 7) is 4.01. The number of aryl methyl sites for hydroxylation is 1. The number of carbonyl (C=O) groups excluding carboxylic acids is 2. The molecule has 5 nitrogen and oxygen atoms in total. The van der Waals surface area contributed by atoms with Gasteiger partial charge in [-0.15, -0.1) is 11.3 Å². The minimum Gasteiger partial charge on any atom is -0.385 e. The van der Waals surface area contributed by atoms with Crippen LogP contribution in [0.3, 0.4) is 0 Å². The van der Waals surface area contributed by atoms with Crippen molar-refractivity contribution in [2.75, 3.05) is 26.8 Å². The molecule has 1 aromatic heterocycles. The van der Waals surface area contributed by atoms with Gasteiger partial charge in [0.25, 0.3) is 0 Å². The maximum Gasteiger partial charge on any atom is 0.242 e. The summed E-state index contributed by atoms with van der Waals surface area (Å²) in [4.78, 5) is 30.9. The number of amides is 2. The molecule has 1 saturated carbocycles. The van der Waals surface area contributed by atoms with Crippen molar-refractivity contribution < 1.29 is 18.7 Å². The Hall–Kier alpha value is -2.25. The zero-order chi connectivity index (χ0) is 22.2. The van der Waals surface area contributed by atoms with Crippen molar-refractivity contribution >= 4 is 23.2 Å². The number of halogens is 1. The molecule has 1 aliphatic carbocycles. The highest BCUT2D eigenvalue weighted by Gasteiger charge is 2.31. The minimum atomic E-state index is -0.300. The van der Waals surface area contributed by atoms with Crippen LogP contribution >= 0.6 is 11.3 Å². The molecule has 0 N–H and O–H groups in total. The van der Waals surface area contributed by atoms with Gasteiger partial charge in [0.15, 0.2) is 0 Å². The van der Waals surface area contributed by atoms with E-state index >= 15 is 0 Å². The molecule has 2 aromatic rings. The molecule has 1 aliphatic rings. The molecule has 2 amide bonds. The SMILES string of the molecule is COCCCN(CC(=O)N(Cc1ccc(F)cc1)Cc1sccc1C)C(=O)C1CCC1. The standard InChI is InChI=1S/C24H31FN2O3S/c1-18-11-14-31-22(18)16-27(15-19-7-9-21(25)10-8-19)23(28)17-26(12-4-13-30-2)24(29)20-5-3-6-20/h7-11,14,20H,3-6,12-13,15-17H2,1-2H3. The van der Waals surface area contributed by atoms with Gasteiger partial charge in [0.05, 0.1) is 13.1 Å². The van der Waals surface area contributed by atoms with Crippen molar-refractivity contribution in [3.05, 3.63) is 57.5 Å². The average molecular weight is 447 g/mol. The highest BCUT2D eigenvalue weighted by Crippen LogP contribution is 2.28. The van der Waals surface area contributed by atoms with Crippen LogP contribution in [0.5, 0.6) is 0 Å². The molecular weight excluding hydrogens is 415 g/mol. The Kier molecular flexibility index (Phi) is 8.60. The lowest BCUT2D eigenvalue weighted by molar-refractivity contribution is -0.145. The van der Waals surface area contributed by atoms with E-state index in [0.29, 0.717) is 32.7 Å². The number of hydrogen-bond acceptors (Lipinski definition) is 4. The highest BCUT2D eigenvalue weighted by molar-refractivity contribution is 7.10. The molecule has 7 heteroatoms. The van der Waals surface area contributed by atoms with Gasteiger partial charge < -0.3 is 14.5 Å². The maximum absolute atomic E-state index is 13.4. The Labute approximate surface area is 187 Å². The maximum atomic E-state index is 13.4. The van der Waals surface area contributed by atoms with Crippen LogP contribution in [0.15, 0.2) is 35.7 Å². The number of rotatable bonds is 11. The largest absolute Gasteiger partial charge is 0.385 e. The topological polar surface area (TPSA) is 49.9 Å². The van der Waals surface area contributed by atoms with Crippen LogP contribution in [0.1, 0.15) is 41.7 Å². The summed E-state index contributed by atoms with van der Waals surface area (Å²) in [6.07, 6.45) is 3.58. The van der Waals surface area contributed by atoms with E-state index < -0.39 is 0 Å². The summed E-state index contributed by atoms with van der Waals surface area (Å²) in [5.74, 6) is -0.279. The Morgan fingerprint density at radius 3 is 2.45 bits per heavy atom. The van der Waals surface area contributed by atoms with Crippen molar-refractivity contribution in [3.63, 3.8) is 0 Å². The average Bonchev–Trinajstić information content (AvgIpc) is 3.11. The lowest BCUT2D eigenvalue weighted by atomic mass is 9.84. The molecule has 3 rings (SSSR count). The van der Waals surface area contributed by atoms with Crippen molar-refractivity contribution in [3.8, 4) is 0 Å². The van der Waals surface area contributed by atoms with Gasteiger partial charge in [-0.25, -0.2) is 4.39 Å². The quantitative estimate of drug-likeness (QED) is 0.481. The molecule has 0 atom stereocenters. The fraction of sp³-hybridized carbons (Fsp3) is 0.500. The molecule has 0 saturated heterocycles. The first kappa shape index (κ1) is 23.4. The monoisotopic (exact) mass is 446 g/mol. The van der Waals surface area contributed by atoms with E-state index in [1.54, 1.807) is 40.4 Å². The van der Waals surface area contributed by atoms with Crippen LogP contribution in [-0.4, -0.2) is 48.4 Å². The molecule has 31 heavy (non-hydrogen) atoms. The van der Waals surface area contributed by atoms with Crippen molar-refractivity contribution in [1.29, 1.82) is 0 Å². The van der Waals surface area contributed by atoms with Gasteiger partial charge in [-0.05, 0) is 60.9 Å². The molecule has 0 unspecified atom stereocenters. The highest BCUT2D eigenvalue weighted by atomic mass is 32.1. The molecule has 1 fully saturated rings. The summed E-state index contributed by atoms with van der Waals surface area (Å²) in [6, 6.07) is 8.26. The molecule has 0 radical (unpaired) electrons. The number of nitrogens with zero attached hydrogens (tertiary/aromatic N) is 2. The predicted octanol–water partition coefficient (Wildman–Crippen LogP) is 4.39. The Bertz CT molecular complexity index is 864. The first-order chi connectivity index (χ1) is 15.0. The number of benzene rings is 1. The zero-order valence-corrected chi connectivity index (χ0v) is 19.1. The molecule has 168 valence electrons. The van der Waals surface area contributed by atoms with Gasteiger partial charge in [-0.2, -0.15) is 0 Å². The second kappa shape index (κ2) is 11.4. The Morgan fingerprint density at radius 2 is 1.87 bits per heavy atom. The van der Waals surface area contributed by atoms with Crippen molar-refractivity contribution in [1.82, 2.24) is 9.80 Å². The smallest absolute Gasteiger partial charge is 0.242 e. The van der Waals surface area contributed by atoms with E-state index in [1.165, 1.54) is 12.1 Å². The predicted molar refractivity (Wildman–Crippen MR) is 120 cm³/mol. The van der Waals surface area contributed by atoms with Crippen LogP contribution in [0.25, 0.3) is 0 Å². The van der Waals surface area contributed by atoms with Gasteiger partial charge in [-0.1, -0.05) is 18.6 Å². The third-order valence-corrected chi connectivity index (χ3v) is 6.82. The van der Waals surface area contributed by atoms with Crippen LogP contribution in [-0.2, 0) is 27.4 Å². The normalized spacial score (nSPS) is 13.6. The number of hydrogen-bond donors (Lipinski definition) is 0. The summed E-state index contributed by atoms with van der Waals surface area (Å²) < 4.78 is 18.5. The first-order valence-corrected chi connectivity index (χ1v) is 11.7. The molecule has 0 bridgehead atoms. The summed E-state index contributed by atoms with van der Waals surface area (Å²) in [5, 5.41) is 2.02. The number of ether oxygens (including phenoxy) is 1. The van der Waals surface area contributed by atoms with Gasteiger partial charge in [-0.3, -0.25) is 9.59 Å². The number of methoxy groups -OCH3 is 1. The molecular formula is C24H31FN2O3S. The third kappa shape index (κ3) is 6.61. The molecule has 0 spiro atoms. The minimum absolute atomic E-state index is 0.0421. The third-order valence-electron chi connectivity index (χ3n) is 5.81. The van der Waals surface area contributed by atoms with E-state index in [-0.39, 0.29) is 30.1 Å². The van der Waals surface area contributed by atoms with Crippen LogP contribution in [0, 0.1) is 18.7 Å². The van der Waals surface area contributed by atoms with Gasteiger partial charge in [0.2, 0.25) is 11.8 Å². The van der Waals surface area contributed by atoms with Gasteiger partial charge in [0, 0.05) is 37.6 Å². The molecule has 1 aromatic carbocycles. The van der Waals surface area contributed by atoms with Crippen LogP contribution < -0.4 is 0 Å². The fourth-order valence-electron chi connectivity index (χ4n) is 3.63. The molecule has 0 aliphatic heterocycles. The van der Waals surface area contributed by atoms with Gasteiger partial charge in [0.1, 0.15) is 5.82 Å². The van der Waals surface area contributed by atoms with E-state index in [1.807, 2.05) is 18.4 Å². The lowest BCUT2D eigenvalue weighted by Gasteiger charge is -2.33. The lowest BCUT2D eigenvalue weighted by Crippen LogP contribution is -2.46.